The molecule has 2 atom stereocenters. The van der Waals surface area contributed by atoms with E-state index in [9.17, 15) is 9.59 Å². The number of nitrogens with zero attached hydrogens (tertiary/aromatic N) is 6. The van der Waals surface area contributed by atoms with Gasteiger partial charge in [0.1, 0.15) is 25.9 Å². The molecule has 2 aromatic heterocycles. The second-order valence-corrected chi connectivity index (χ2v) is 9.09. The highest BCUT2D eigenvalue weighted by atomic mass is 32.2. The molecule has 0 saturated carbocycles. The number of benzene rings is 1. The number of amides is 2. The van der Waals surface area contributed by atoms with Gasteiger partial charge in [0.2, 0.25) is 16.9 Å². The van der Waals surface area contributed by atoms with Gasteiger partial charge in [-0.2, -0.15) is 9.50 Å². The molecule has 12 heteroatoms. The zero-order chi connectivity index (χ0) is 24.4. The smallest absolute Gasteiger partial charge is 0.410 e. The number of carbonyl (C=O) groups is 2. The highest BCUT2D eigenvalue weighted by Crippen LogP contribution is 2.27. The number of carbonyl (C=O) groups excluding carboxylic acids is 2. The van der Waals surface area contributed by atoms with Crippen molar-refractivity contribution in [2.75, 3.05) is 45.7 Å². The van der Waals surface area contributed by atoms with Gasteiger partial charge >= 0.3 is 6.09 Å². The first-order valence-electron chi connectivity index (χ1n) is 11.3. The number of fused-ring (bicyclic) bond motifs is 1. The van der Waals surface area contributed by atoms with Crippen LogP contribution in [0.5, 0.6) is 5.88 Å². The lowest BCUT2D eigenvalue weighted by Crippen LogP contribution is -2.50. The van der Waals surface area contributed by atoms with Crippen LogP contribution < -0.4 is 4.74 Å². The lowest BCUT2D eigenvalue weighted by atomic mass is 10.1. The Kier molecular flexibility index (Phi) is 6.73. The number of rotatable bonds is 7. The predicted molar refractivity (Wildman–Crippen MR) is 126 cm³/mol. The highest BCUT2D eigenvalue weighted by Gasteiger charge is 2.37. The van der Waals surface area contributed by atoms with Crippen LogP contribution in [0.15, 0.2) is 41.6 Å². The fraction of sp³-hybridized carbons (Fsp3) is 0.435. The van der Waals surface area contributed by atoms with Gasteiger partial charge in [-0.3, -0.25) is 9.69 Å². The number of cyclic esters (lactones) is 1. The molecule has 35 heavy (non-hydrogen) atoms. The molecule has 2 fully saturated rings. The van der Waals surface area contributed by atoms with E-state index in [1.165, 1.54) is 16.7 Å². The Morgan fingerprint density at radius 3 is 2.89 bits per heavy atom. The molecule has 11 nitrogen and oxygen atoms in total. The second kappa shape index (κ2) is 10.1. The van der Waals surface area contributed by atoms with E-state index in [0.717, 1.165) is 11.3 Å². The third-order valence-electron chi connectivity index (χ3n) is 5.94. The van der Waals surface area contributed by atoms with Crippen molar-refractivity contribution in [3.63, 3.8) is 0 Å². The minimum absolute atomic E-state index is 0.0490. The summed E-state index contributed by atoms with van der Waals surface area (Å²) >= 11 is 1.43. The maximum atomic E-state index is 13.1. The van der Waals surface area contributed by atoms with Crippen molar-refractivity contribution >= 4 is 29.5 Å². The number of hydrogen-bond donors (Lipinski definition) is 0. The van der Waals surface area contributed by atoms with Gasteiger partial charge < -0.3 is 19.1 Å². The molecule has 2 saturated heterocycles. The molecule has 3 aromatic rings. The van der Waals surface area contributed by atoms with Crippen LogP contribution in [-0.2, 0) is 14.3 Å². The van der Waals surface area contributed by atoms with Crippen LogP contribution >= 0.6 is 11.8 Å². The van der Waals surface area contributed by atoms with Crippen molar-refractivity contribution in [1.82, 2.24) is 29.4 Å². The number of ether oxygens (including phenoxy) is 3. The van der Waals surface area contributed by atoms with Crippen LogP contribution in [-0.4, -0.2) is 93.2 Å². The van der Waals surface area contributed by atoms with E-state index >= 15 is 0 Å². The second-order valence-electron chi connectivity index (χ2n) is 8.32. The van der Waals surface area contributed by atoms with Crippen LogP contribution in [0, 0.1) is 6.92 Å². The van der Waals surface area contributed by atoms with Gasteiger partial charge in [-0.1, -0.05) is 42.1 Å². The summed E-state index contributed by atoms with van der Waals surface area (Å²) in [5.74, 6) is 0.829. The molecule has 0 N–H and O–H groups in total. The maximum absolute atomic E-state index is 13.1. The highest BCUT2D eigenvalue weighted by molar-refractivity contribution is 7.98. The van der Waals surface area contributed by atoms with Gasteiger partial charge in [-0.25, -0.2) is 9.78 Å². The molecule has 0 spiro atoms. The average molecular weight is 499 g/mol. The van der Waals surface area contributed by atoms with Gasteiger partial charge in [0.25, 0.3) is 5.78 Å². The number of aryl methyl sites for hydroxylation is 1. The van der Waals surface area contributed by atoms with Crippen molar-refractivity contribution in [1.29, 1.82) is 0 Å². The molecule has 2 aliphatic heterocycles. The van der Waals surface area contributed by atoms with E-state index in [0.29, 0.717) is 36.5 Å². The molecule has 2 aliphatic rings. The topological polar surface area (TPSA) is 111 Å². The standard InChI is InChI=1S/C23H26N6O5S/c1-15-10-20(29-21(24-15)25-22(26-29)35-2)33-13-17-11-27(8-9-32-17)19(30)12-28-18(14-34-23(28)31)16-6-4-3-5-7-16/h3-7,10,17-18H,8-9,11-14H2,1-2H3/t17?,18-/m1/s1. The summed E-state index contributed by atoms with van der Waals surface area (Å²) in [7, 11) is 0. The summed E-state index contributed by atoms with van der Waals surface area (Å²) in [6.07, 6.45) is 1.10. The first-order valence-corrected chi connectivity index (χ1v) is 12.5. The zero-order valence-electron chi connectivity index (χ0n) is 19.5. The summed E-state index contributed by atoms with van der Waals surface area (Å²) in [4.78, 5) is 37.4. The molecule has 5 rings (SSSR count). The molecular formula is C23H26N6O5S. The summed E-state index contributed by atoms with van der Waals surface area (Å²) < 4.78 is 18.7. The van der Waals surface area contributed by atoms with E-state index in [2.05, 4.69) is 15.1 Å². The Bertz CT molecular complexity index is 1220. The maximum Gasteiger partial charge on any atom is 0.410 e. The van der Waals surface area contributed by atoms with Crippen LogP contribution in [0.25, 0.3) is 5.78 Å². The van der Waals surface area contributed by atoms with Crippen LogP contribution in [0.2, 0.25) is 0 Å². The summed E-state index contributed by atoms with van der Waals surface area (Å²) in [5.41, 5.74) is 1.70. The summed E-state index contributed by atoms with van der Waals surface area (Å²) in [6.45, 7) is 3.48. The fourth-order valence-electron chi connectivity index (χ4n) is 4.17. The monoisotopic (exact) mass is 498 g/mol. The average Bonchev–Trinajstić information content (AvgIpc) is 3.46. The number of thioether (sulfide) groups is 1. The Hall–Kier alpha value is -3.38. The van der Waals surface area contributed by atoms with Crippen molar-refractivity contribution in [3.8, 4) is 5.88 Å². The largest absolute Gasteiger partial charge is 0.475 e. The van der Waals surface area contributed by atoms with Crippen LogP contribution in [0.1, 0.15) is 17.3 Å². The molecule has 0 radical (unpaired) electrons. The fourth-order valence-corrected chi connectivity index (χ4v) is 4.51. The Balaban J connectivity index is 1.22. The number of hydrogen-bond acceptors (Lipinski definition) is 9. The van der Waals surface area contributed by atoms with Crippen molar-refractivity contribution in [2.45, 2.75) is 24.2 Å². The quantitative estimate of drug-likeness (QED) is 0.451. The van der Waals surface area contributed by atoms with Crippen molar-refractivity contribution < 1.29 is 23.8 Å². The van der Waals surface area contributed by atoms with E-state index in [1.807, 2.05) is 43.5 Å². The van der Waals surface area contributed by atoms with E-state index in [4.69, 9.17) is 14.2 Å². The minimum atomic E-state index is -0.477. The third-order valence-corrected chi connectivity index (χ3v) is 6.48. The summed E-state index contributed by atoms with van der Waals surface area (Å²) in [5, 5.41) is 5.01. The zero-order valence-corrected chi connectivity index (χ0v) is 20.3. The van der Waals surface area contributed by atoms with Gasteiger partial charge in [-0.15, -0.1) is 5.10 Å². The molecular weight excluding hydrogens is 472 g/mol. The van der Waals surface area contributed by atoms with Gasteiger partial charge in [0.15, 0.2) is 0 Å². The van der Waals surface area contributed by atoms with Gasteiger partial charge in [0, 0.05) is 18.3 Å². The normalized spacial score (nSPS) is 20.3. The third kappa shape index (κ3) is 5.03. The Labute approximate surface area is 206 Å². The lowest BCUT2D eigenvalue weighted by Gasteiger charge is -2.34. The molecule has 184 valence electrons. The van der Waals surface area contributed by atoms with Gasteiger partial charge in [0.05, 0.1) is 19.2 Å². The van der Waals surface area contributed by atoms with Crippen molar-refractivity contribution in [3.05, 3.63) is 47.7 Å². The van der Waals surface area contributed by atoms with E-state index in [-0.39, 0.29) is 37.8 Å². The Morgan fingerprint density at radius 2 is 2.09 bits per heavy atom. The van der Waals surface area contributed by atoms with E-state index in [1.54, 1.807) is 15.5 Å². The van der Waals surface area contributed by atoms with Crippen LogP contribution in [0.4, 0.5) is 4.79 Å². The van der Waals surface area contributed by atoms with Crippen molar-refractivity contribution in [2.24, 2.45) is 0 Å². The molecule has 0 aliphatic carbocycles. The molecule has 1 unspecified atom stereocenters. The lowest BCUT2D eigenvalue weighted by molar-refractivity contribution is -0.140. The van der Waals surface area contributed by atoms with Gasteiger partial charge in [-0.05, 0) is 18.7 Å². The molecule has 1 aromatic carbocycles. The first-order chi connectivity index (χ1) is 17.0. The van der Waals surface area contributed by atoms with Crippen LogP contribution in [0.3, 0.4) is 0 Å². The number of aromatic nitrogens is 4. The predicted octanol–water partition coefficient (Wildman–Crippen LogP) is 1.95. The minimum Gasteiger partial charge on any atom is -0.475 e. The molecule has 2 amide bonds. The van der Waals surface area contributed by atoms with E-state index < -0.39 is 6.09 Å². The Morgan fingerprint density at radius 1 is 1.26 bits per heavy atom. The molecule has 0 bridgehead atoms. The number of morpholine rings is 1. The summed E-state index contributed by atoms with van der Waals surface area (Å²) in [6, 6.07) is 11.1. The SMILES string of the molecule is CSc1nc2nc(C)cc(OCC3CN(C(=O)CN4C(=O)OC[C@@H]4c4ccccc4)CCO3)n2n1. The first kappa shape index (κ1) is 23.4. The molecule has 4 heterocycles.